The molecule has 0 spiro atoms. The van der Waals surface area contributed by atoms with E-state index in [4.69, 9.17) is 4.74 Å². The number of carbonyl (C=O) groups excluding carboxylic acids is 4. The number of rotatable bonds is 7. The third kappa shape index (κ3) is 6.40. The van der Waals surface area contributed by atoms with Crippen LogP contribution in [0.5, 0.6) is 0 Å². The van der Waals surface area contributed by atoms with Crippen LogP contribution in [-0.4, -0.2) is 36.9 Å². The molecule has 0 bridgehead atoms. The number of urea groups is 1. The smallest absolute Gasteiger partial charge is 0.330 e. The summed E-state index contributed by atoms with van der Waals surface area (Å²) in [5, 5.41) is 7.10. The number of hydrogen-bond acceptors (Lipinski definition) is 5. The summed E-state index contributed by atoms with van der Waals surface area (Å²) >= 11 is 0. The number of ether oxygens (including phenoxy) is 1. The zero-order valence-electron chi connectivity index (χ0n) is 18.0. The number of nitrogens with one attached hydrogen (secondary N) is 3. The highest BCUT2D eigenvalue weighted by molar-refractivity contribution is 5.99. The third-order valence-electron chi connectivity index (χ3n) is 4.64. The van der Waals surface area contributed by atoms with Crippen LogP contribution in [0.4, 0.5) is 4.79 Å². The number of benzene rings is 2. The monoisotopic (exact) mass is 425 g/mol. The lowest BCUT2D eigenvalue weighted by Gasteiger charge is -2.24. The summed E-state index contributed by atoms with van der Waals surface area (Å²) in [7, 11) is 1.36. The summed E-state index contributed by atoms with van der Waals surface area (Å²) in [4.78, 5) is 49.8. The predicted octanol–water partition coefficient (Wildman–Crippen LogP) is 2.49. The maximum Gasteiger partial charge on any atom is 0.330 e. The third-order valence-corrected chi connectivity index (χ3v) is 4.64. The zero-order chi connectivity index (χ0) is 23.0. The van der Waals surface area contributed by atoms with Crippen LogP contribution in [0.25, 0.3) is 0 Å². The molecule has 31 heavy (non-hydrogen) atoms. The van der Waals surface area contributed by atoms with Crippen molar-refractivity contribution in [3.8, 4) is 0 Å². The van der Waals surface area contributed by atoms with E-state index in [-0.39, 0.29) is 5.92 Å². The Bertz CT molecular complexity index is 943. The van der Waals surface area contributed by atoms with Crippen molar-refractivity contribution in [2.24, 2.45) is 5.92 Å². The van der Waals surface area contributed by atoms with E-state index in [2.05, 4.69) is 16.0 Å². The van der Waals surface area contributed by atoms with Gasteiger partial charge in [0.1, 0.15) is 6.04 Å². The minimum absolute atomic E-state index is 0.307. The lowest BCUT2D eigenvalue weighted by molar-refractivity contribution is -0.159. The number of amides is 4. The van der Waals surface area contributed by atoms with Gasteiger partial charge in [0.25, 0.3) is 11.8 Å². The van der Waals surface area contributed by atoms with Crippen LogP contribution in [-0.2, 0) is 14.3 Å². The Morgan fingerprint density at radius 2 is 1.52 bits per heavy atom. The van der Waals surface area contributed by atoms with Crippen LogP contribution in [0.15, 0.2) is 54.6 Å². The molecule has 0 aliphatic rings. The van der Waals surface area contributed by atoms with Gasteiger partial charge in [-0.25, -0.2) is 9.59 Å². The fourth-order valence-electron chi connectivity index (χ4n) is 2.87. The van der Waals surface area contributed by atoms with Crippen LogP contribution in [0, 0.1) is 12.8 Å². The van der Waals surface area contributed by atoms with Crippen molar-refractivity contribution >= 4 is 23.8 Å². The maximum atomic E-state index is 13.0. The van der Waals surface area contributed by atoms with Crippen molar-refractivity contribution in [3.05, 3.63) is 71.3 Å². The average molecular weight is 425 g/mol. The number of imide groups is 1. The van der Waals surface area contributed by atoms with Crippen LogP contribution >= 0.6 is 0 Å². The fraction of sp³-hybridized carbons (Fsp3) is 0.304. The molecule has 2 aromatic rings. The van der Waals surface area contributed by atoms with Crippen LogP contribution in [0.2, 0.25) is 0 Å². The van der Waals surface area contributed by atoms with Crippen molar-refractivity contribution in [1.29, 1.82) is 0 Å². The van der Waals surface area contributed by atoms with Crippen molar-refractivity contribution in [2.45, 2.75) is 32.9 Å². The van der Waals surface area contributed by atoms with Gasteiger partial charge in [-0.15, -0.1) is 0 Å². The van der Waals surface area contributed by atoms with E-state index in [0.717, 1.165) is 5.56 Å². The molecule has 0 aromatic heterocycles. The molecular formula is C23H27N3O5. The Balaban J connectivity index is 2.24. The zero-order valence-corrected chi connectivity index (χ0v) is 18.0. The number of esters is 1. The number of aryl methyl sites for hydroxylation is 1. The first kappa shape index (κ1) is 23.6. The largest absolute Gasteiger partial charge is 0.446 e. The first-order valence-corrected chi connectivity index (χ1v) is 9.89. The van der Waals surface area contributed by atoms with Gasteiger partial charge in [-0.2, -0.15) is 0 Å². The standard InChI is InChI=1S/C23H27N3O5/c1-14(2)18(25-20(27)17-13-9-8-10-15(17)3)22(29)31-19(16-11-6-5-7-12-16)21(28)26-23(30)24-4/h5-14,18-19H,1-4H3,(H,25,27)(H2,24,26,28,30)/t18-,19+/m0/s1. The summed E-state index contributed by atoms with van der Waals surface area (Å²) in [6, 6.07) is 13.6. The molecule has 3 N–H and O–H groups in total. The van der Waals surface area contributed by atoms with E-state index in [1.807, 2.05) is 6.07 Å². The molecule has 8 heteroatoms. The first-order valence-electron chi connectivity index (χ1n) is 9.89. The van der Waals surface area contributed by atoms with Crippen molar-refractivity contribution in [2.75, 3.05) is 7.05 Å². The molecule has 0 saturated carbocycles. The number of carbonyl (C=O) groups is 4. The van der Waals surface area contributed by atoms with Crippen molar-refractivity contribution in [1.82, 2.24) is 16.0 Å². The molecule has 0 unspecified atom stereocenters. The minimum Gasteiger partial charge on any atom is -0.446 e. The molecule has 8 nitrogen and oxygen atoms in total. The summed E-state index contributed by atoms with van der Waals surface area (Å²) < 4.78 is 5.49. The fourth-order valence-corrected chi connectivity index (χ4v) is 2.87. The van der Waals surface area contributed by atoms with E-state index in [1.54, 1.807) is 69.3 Å². The molecule has 0 aliphatic heterocycles. The maximum absolute atomic E-state index is 13.0. The Kier molecular flexibility index (Phi) is 8.31. The first-order chi connectivity index (χ1) is 14.7. The predicted molar refractivity (Wildman–Crippen MR) is 115 cm³/mol. The van der Waals surface area contributed by atoms with Gasteiger partial charge in [0, 0.05) is 18.2 Å². The normalized spacial score (nSPS) is 12.4. The van der Waals surface area contributed by atoms with Crippen LogP contribution < -0.4 is 16.0 Å². The van der Waals surface area contributed by atoms with Crippen molar-refractivity contribution < 1.29 is 23.9 Å². The molecule has 164 valence electrons. The summed E-state index contributed by atoms with van der Waals surface area (Å²) in [5.74, 6) is -2.30. The van der Waals surface area contributed by atoms with Gasteiger partial charge in [-0.05, 0) is 24.5 Å². The highest BCUT2D eigenvalue weighted by atomic mass is 16.5. The average Bonchev–Trinajstić information content (AvgIpc) is 2.75. The molecule has 0 saturated heterocycles. The number of hydrogen-bond donors (Lipinski definition) is 3. The molecular weight excluding hydrogens is 398 g/mol. The van der Waals surface area contributed by atoms with E-state index >= 15 is 0 Å². The molecule has 2 atom stereocenters. The Morgan fingerprint density at radius 3 is 2.10 bits per heavy atom. The molecule has 0 heterocycles. The minimum atomic E-state index is -1.36. The Morgan fingerprint density at radius 1 is 0.903 bits per heavy atom. The summed E-state index contributed by atoms with van der Waals surface area (Å²) in [5.41, 5.74) is 1.60. The van der Waals surface area contributed by atoms with E-state index in [9.17, 15) is 19.2 Å². The van der Waals surface area contributed by atoms with Gasteiger partial charge in [0.2, 0.25) is 6.10 Å². The Hall–Kier alpha value is -3.68. The van der Waals surface area contributed by atoms with Gasteiger partial charge in [-0.3, -0.25) is 14.9 Å². The molecule has 0 fully saturated rings. The van der Waals surface area contributed by atoms with E-state index < -0.39 is 36.0 Å². The Labute approximate surface area is 181 Å². The molecule has 0 radical (unpaired) electrons. The SMILES string of the molecule is CNC(=O)NC(=O)[C@H](OC(=O)[C@@H](NC(=O)c1ccccc1C)C(C)C)c1ccccc1. The van der Waals surface area contributed by atoms with Crippen LogP contribution in [0.1, 0.15) is 41.4 Å². The lowest BCUT2D eigenvalue weighted by Crippen LogP contribution is -2.47. The summed E-state index contributed by atoms with van der Waals surface area (Å²) in [6.45, 7) is 5.31. The molecule has 0 aliphatic carbocycles. The van der Waals surface area contributed by atoms with Gasteiger partial charge >= 0.3 is 12.0 Å². The van der Waals surface area contributed by atoms with Gasteiger partial charge < -0.3 is 15.4 Å². The molecule has 2 aromatic carbocycles. The molecule has 2 rings (SSSR count). The second kappa shape index (κ2) is 10.9. The second-order valence-corrected chi connectivity index (χ2v) is 7.31. The van der Waals surface area contributed by atoms with Gasteiger partial charge in [-0.1, -0.05) is 62.4 Å². The quantitative estimate of drug-likeness (QED) is 0.590. The summed E-state index contributed by atoms with van der Waals surface area (Å²) in [6.07, 6.45) is -1.36. The molecule has 4 amide bonds. The second-order valence-electron chi connectivity index (χ2n) is 7.31. The highest BCUT2D eigenvalue weighted by Crippen LogP contribution is 2.20. The van der Waals surface area contributed by atoms with Gasteiger partial charge in [0.15, 0.2) is 0 Å². The van der Waals surface area contributed by atoms with Gasteiger partial charge in [0.05, 0.1) is 0 Å². The van der Waals surface area contributed by atoms with E-state index in [0.29, 0.717) is 11.1 Å². The van der Waals surface area contributed by atoms with Crippen molar-refractivity contribution in [3.63, 3.8) is 0 Å². The highest BCUT2D eigenvalue weighted by Gasteiger charge is 2.32. The van der Waals surface area contributed by atoms with E-state index in [1.165, 1.54) is 7.05 Å². The van der Waals surface area contributed by atoms with Crippen LogP contribution in [0.3, 0.4) is 0 Å². The lowest BCUT2D eigenvalue weighted by atomic mass is 10.0. The topological polar surface area (TPSA) is 114 Å².